The first-order valence-corrected chi connectivity index (χ1v) is 9.79. The molecule has 4 heterocycles. The standard InChI is InChI=1S/C22H28N6/c1-21(2)13-17(14-22(3,4)27-21)24-19-9-8-18(25-26-19)16-7-10-20(23-15-16)28-11-5-6-12-28/h5-12,15,17,27H,13-14H2,1-4H3,(H,24,26). The second-order valence-electron chi connectivity index (χ2n) is 8.94. The fraction of sp³-hybridized carbons (Fsp3) is 0.409. The Hall–Kier alpha value is -2.73. The lowest BCUT2D eigenvalue weighted by molar-refractivity contribution is 0.170. The lowest BCUT2D eigenvalue weighted by atomic mass is 9.79. The molecule has 3 aromatic heterocycles. The van der Waals surface area contributed by atoms with Gasteiger partial charge in [0, 0.05) is 41.3 Å². The Labute approximate surface area is 166 Å². The number of piperidine rings is 1. The maximum atomic E-state index is 4.52. The summed E-state index contributed by atoms with van der Waals surface area (Å²) in [5.74, 6) is 1.70. The van der Waals surface area contributed by atoms with Crippen molar-refractivity contribution in [2.24, 2.45) is 0 Å². The van der Waals surface area contributed by atoms with Gasteiger partial charge in [0.25, 0.3) is 0 Å². The average molecular weight is 377 g/mol. The van der Waals surface area contributed by atoms with Crippen molar-refractivity contribution >= 4 is 5.82 Å². The second kappa shape index (κ2) is 7.02. The maximum Gasteiger partial charge on any atom is 0.148 e. The first-order chi connectivity index (χ1) is 13.3. The topological polar surface area (TPSA) is 67.7 Å². The molecule has 0 bridgehead atoms. The van der Waals surface area contributed by atoms with Crippen molar-refractivity contribution in [3.05, 3.63) is 55.0 Å². The summed E-state index contributed by atoms with van der Waals surface area (Å²) in [5, 5.41) is 16.1. The van der Waals surface area contributed by atoms with Gasteiger partial charge in [-0.2, -0.15) is 0 Å². The van der Waals surface area contributed by atoms with Crippen LogP contribution < -0.4 is 10.6 Å². The van der Waals surface area contributed by atoms with Crippen LogP contribution in [-0.2, 0) is 0 Å². The molecule has 0 aromatic carbocycles. The summed E-state index contributed by atoms with van der Waals surface area (Å²) >= 11 is 0. The van der Waals surface area contributed by atoms with Crippen molar-refractivity contribution in [2.75, 3.05) is 5.32 Å². The van der Waals surface area contributed by atoms with E-state index in [1.807, 2.05) is 59.6 Å². The zero-order chi connectivity index (χ0) is 19.8. The molecule has 3 aromatic rings. The van der Waals surface area contributed by atoms with Crippen LogP contribution >= 0.6 is 0 Å². The van der Waals surface area contributed by atoms with Gasteiger partial charge in [-0.15, -0.1) is 10.2 Å². The highest BCUT2D eigenvalue weighted by Gasteiger charge is 2.37. The molecule has 4 rings (SSSR count). The van der Waals surface area contributed by atoms with Gasteiger partial charge < -0.3 is 15.2 Å². The molecule has 1 aliphatic heterocycles. The van der Waals surface area contributed by atoms with E-state index in [0.29, 0.717) is 6.04 Å². The van der Waals surface area contributed by atoms with Gasteiger partial charge in [-0.1, -0.05) is 0 Å². The SMILES string of the molecule is CC1(C)CC(Nc2ccc(-c3ccc(-n4cccc4)nc3)nn2)CC(C)(C)N1. The predicted molar refractivity (Wildman–Crippen MR) is 113 cm³/mol. The van der Waals surface area contributed by atoms with E-state index in [2.05, 4.69) is 53.5 Å². The monoisotopic (exact) mass is 376 g/mol. The van der Waals surface area contributed by atoms with Gasteiger partial charge in [-0.3, -0.25) is 0 Å². The summed E-state index contributed by atoms with van der Waals surface area (Å²) in [6.07, 6.45) is 7.89. The Morgan fingerprint density at radius 3 is 2.25 bits per heavy atom. The first kappa shape index (κ1) is 18.6. The molecule has 0 spiro atoms. The highest BCUT2D eigenvalue weighted by molar-refractivity contribution is 5.59. The molecule has 1 fully saturated rings. The van der Waals surface area contributed by atoms with Crippen molar-refractivity contribution in [2.45, 2.75) is 57.7 Å². The third kappa shape index (κ3) is 4.22. The lowest BCUT2D eigenvalue weighted by Crippen LogP contribution is -2.60. The fourth-order valence-corrected chi connectivity index (χ4v) is 4.37. The molecule has 0 amide bonds. The minimum Gasteiger partial charge on any atom is -0.366 e. The van der Waals surface area contributed by atoms with Gasteiger partial charge in [0.2, 0.25) is 0 Å². The minimum atomic E-state index is 0.0971. The van der Waals surface area contributed by atoms with Gasteiger partial charge in [0.05, 0.1) is 5.69 Å². The molecule has 0 saturated carbocycles. The number of pyridine rings is 1. The van der Waals surface area contributed by atoms with Crippen LogP contribution in [0.5, 0.6) is 0 Å². The van der Waals surface area contributed by atoms with Crippen molar-refractivity contribution in [3.8, 4) is 17.1 Å². The molecule has 0 aliphatic carbocycles. The number of aromatic nitrogens is 4. The summed E-state index contributed by atoms with van der Waals surface area (Å²) in [4.78, 5) is 4.52. The zero-order valence-electron chi connectivity index (χ0n) is 17.0. The molecule has 1 aliphatic rings. The molecule has 146 valence electrons. The summed E-state index contributed by atoms with van der Waals surface area (Å²) in [6.45, 7) is 9.01. The van der Waals surface area contributed by atoms with Crippen LogP contribution in [0, 0.1) is 0 Å². The molecule has 0 atom stereocenters. The Morgan fingerprint density at radius 1 is 0.964 bits per heavy atom. The Bertz CT molecular complexity index is 895. The van der Waals surface area contributed by atoms with Crippen LogP contribution in [0.4, 0.5) is 5.82 Å². The van der Waals surface area contributed by atoms with Crippen molar-refractivity contribution in [1.29, 1.82) is 0 Å². The molecule has 28 heavy (non-hydrogen) atoms. The van der Waals surface area contributed by atoms with Gasteiger partial charge >= 0.3 is 0 Å². The van der Waals surface area contributed by atoms with Crippen LogP contribution in [0.1, 0.15) is 40.5 Å². The van der Waals surface area contributed by atoms with Gasteiger partial charge in [0.1, 0.15) is 11.6 Å². The number of nitrogens with zero attached hydrogens (tertiary/aromatic N) is 4. The third-order valence-electron chi connectivity index (χ3n) is 5.12. The Kier molecular flexibility index (Phi) is 4.67. The van der Waals surface area contributed by atoms with Crippen LogP contribution in [0.25, 0.3) is 17.1 Å². The number of hydrogen-bond donors (Lipinski definition) is 2. The van der Waals surface area contributed by atoms with Gasteiger partial charge in [0.15, 0.2) is 0 Å². The van der Waals surface area contributed by atoms with E-state index in [1.54, 1.807) is 0 Å². The zero-order valence-corrected chi connectivity index (χ0v) is 17.0. The molecule has 0 radical (unpaired) electrons. The van der Waals surface area contributed by atoms with Crippen molar-refractivity contribution in [3.63, 3.8) is 0 Å². The second-order valence-corrected chi connectivity index (χ2v) is 8.94. The van der Waals surface area contributed by atoms with E-state index in [1.165, 1.54) is 0 Å². The summed E-state index contributed by atoms with van der Waals surface area (Å²) < 4.78 is 1.98. The minimum absolute atomic E-state index is 0.0971. The molecule has 2 N–H and O–H groups in total. The summed E-state index contributed by atoms with van der Waals surface area (Å²) in [7, 11) is 0. The molecular weight excluding hydrogens is 348 g/mol. The highest BCUT2D eigenvalue weighted by Crippen LogP contribution is 2.30. The van der Waals surface area contributed by atoms with Crippen molar-refractivity contribution in [1.82, 2.24) is 25.1 Å². The van der Waals surface area contributed by atoms with E-state index in [9.17, 15) is 0 Å². The average Bonchev–Trinajstić information content (AvgIpc) is 3.14. The quantitative estimate of drug-likeness (QED) is 0.719. The summed E-state index contributed by atoms with van der Waals surface area (Å²) in [6, 6.07) is 12.4. The number of rotatable bonds is 4. The Balaban J connectivity index is 1.45. The van der Waals surface area contributed by atoms with E-state index < -0.39 is 0 Å². The normalized spacial score (nSPS) is 18.7. The van der Waals surface area contributed by atoms with Crippen LogP contribution in [0.2, 0.25) is 0 Å². The molecule has 6 nitrogen and oxygen atoms in total. The van der Waals surface area contributed by atoms with E-state index >= 15 is 0 Å². The van der Waals surface area contributed by atoms with E-state index in [4.69, 9.17) is 0 Å². The fourth-order valence-electron chi connectivity index (χ4n) is 4.37. The van der Waals surface area contributed by atoms with E-state index in [0.717, 1.165) is 35.7 Å². The number of nitrogens with one attached hydrogen (secondary N) is 2. The predicted octanol–water partition coefficient (Wildman–Crippen LogP) is 4.05. The van der Waals surface area contributed by atoms with E-state index in [-0.39, 0.29) is 11.1 Å². The maximum absolute atomic E-state index is 4.52. The third-order valence-corrected chi connectivity index (χ3v) is 5.12. The number of hydrogen-bond acceptors (Lipinski definition) is 5. The van der Waals surface area contributed by atoms with Crippen LogP contribution in [-0.4, -0.2) is 36.9 Å². The van der Waals surface area contributed by atoms with Gasteiger partial charge in [-0.25, -0.2) is 4.98 Å². The first-order valence-electron chi connectivity index (χ1n) is 9.79. The largest absolute Gasteiger partial charge is 0.366 e. The molecule has 1 saturated heterocycles. The van der Waals surface area contributed by atoms with Crippen molar-refractivity contribution < 1.29 is 0 Å². The molecule has 6 heteroatoms. The summed E-state index contributed by atoms with van der Waals surface area (Å²) in [5.41, 5.74) is 1.97. The lowest BCUT2D eigenvalue weighted by Gasteiger charge is -2.46. The van der Waals surface area contributed by atoms with Gasteiger partial charge in [-0.05, 0) is 76.9 Å². The Morgan fingerprint density at radius 2 is 1.68 bits per heavy atom. The van der Waals surface area contributed by atoms with Crippen LogP contribution in [0.3, 0.4) is 0 Å². The molecular formula is C22H28N6. The number of anilines is 1. The van der Waals surface area contributed by atoms with Crippen LogP contribution in [0.15, 0.2) is 55.0 Å². The highest BCUT2D eigenvalue weighted by atomic mass is 15.2. The molecule has 0 unspecified atom stereocenters. The smallest absolute Gasteiger partial charge is 0.148 e.